The molecule has 3 nitrogen and oxygen atoms in total. The molecular weight excluding hydrogens is 154 g/mol. The fraction of sp³-hybridized carbons (Fsp3) is 1.00. The molecule has 1 atom stereocenters. The van der Waals surface area contributed by atoms with Crippen molar-refractivity contribution in [3.8, 4) is 0 Å². The minimum absolute atomic E-state index is 0.296. The van der Waals surface area contributed by atoms with Crippen LogP contribution in [0.25, 0.3) is 0 Å². The summed E-state index contributed by atoms with van der Waals surface area (Å²) in [6.45, 7) is 5.54. The Morgan fingerprint density at radius 1 is 1.17 bits per heavy atom. The summed E-state index contributed by atoms with van der Waals surface area (Å²) < 4.78 is 10.6. The van der Waals surface area contributed by atoms with Gasteiger partial charge in [-0.2, -0.15) is 0 Å². The second-order valence-electron chi connectivity index (χ2n) is 3.45. The maximum atomic E-state index is 5.50. The molecule has 0 heterocycles. The quantitative estimate of drug-likeness (QED) is 0.601. The van der Waals surface area contributed by atoms with Gasteiger partial charge in [-0.3, -0.25) is 0 Å². The van der Waals surface area contributed by atoms with Crippen LogP contribution in [0.15, 0.2) is 0 Å². The van der Waals surface area contributed by atoms with Crippen molar-refractivity contribution in [1.29, 1.82) is 0 Å². The van der Waals surface area contributed by atoms with E-state index in [4.69, 9.17) is 9.47 Å². The number of rotatable bonds is 6. The van der Waals surface area contributed by atoms with E-state index in [0.29, 0.717) is 12.1 Å². The van der Waals surface area contributed by atoms with Gasteiger partial charge in [0, 0.05) is 7.11 Å². The lowest BCUT2D eigenvalue weighted by molar-refractivity contribution is 0.0107. The summed E-state index contributed by atoms with van der Waals surface area (Å²) in [5.41, 5.74) is 0. The van der Waals surface area contributed by atoms with Crippen LogP contribution in [0.3, 0.4) is 0 Å². The molecule has 0 amide bonds. The van der Waals surface area contributed by atoms with E-state index in [1.807, 2.05) is 27.9 Å². The molecule has 0 bridgehead atoms. The van der Waals surface area contributed by atoms with Crippen LogP contribution in [-0.2, 0) is 9.47 Å². The molecule has 0 N–H and O–H groups in total. The van der Waals surface area contributed by atoms with Gasteiger partial charge in [0.2, 0.25) is 0 Å². The molecule has 0 aliphatic heterocycles. The van der Waals surface area contributed by atoms with Crippen LogP contribution in [0.4, 0.5) is 0 Å². The van der Waals surface area contributed by atoms with Crippen LogP contribution in [0.1, 0.15) is 13.8 Å². The number of hydrogen-bond acceptors (Lipinski definition) is 3. The number of ether oxygens (including phenoxy) is 2. The topological polar surface area (TPSA) is 21.7 Å². The van der Waals surface area contributed by atoms with Gasteiger partial charge in [-0.05, 0) is 27.9 Å². The number of methoxy groups -OCH3 is 1. The lowest BCUT2D eigenvalue weighted by atomic mass is 10.3. The normalized spacial score (nSPS) is 14.2. The van der Waals surface area contributed by atoms with Crippen molar-refractivity contribution in [3.05, 3.63) is 0 Å². The van der Waals surface area contributed by atoms with Gasteiger partial charge in [-0.1, -0.05) is 0 Å². The van der Waals surface area contributed by atoms with E-state index in [9.17, 15) is 0 Å². The van der Waals surface area contributed by atoms with Gasteiger partial charge >= 0.3 is 0 Å². The maximum Gasteiger partial charge on any atom is 0.0647 e. The van der Waals surface area contributed by atoms with Gasteiger partial charge in [0.25, 0.3) is 0 Å². The molecule has 0 saturated heterocycles. The van der Waals surface area contributed by atoms with Crippen molar-refractivity contribution in [3.63, 3.8) is 0 Å². The molecule has 0 spiro atoms. The first-order valence-corrected chi connectivity index (χ1v) is 4.35. The summed E-state index contributed by atoms with van der Waals surface area (Å²) in [5, 5.41) is 0. The van der Waals surface area contributed by atoms with Gasteiger partial charge in [0.1, 0.15) is 0 Å². The highest BCUT2D eigenvalue weighted by molar-refractivity contribution is 4.64. The molecule has 12 heavy (non-hydrogen) atoms. The lowest BCUT2D eigenvalue weighted by Gasteiger charge is -2.24. The minimum Gasteiger partial charge on any atom is -0.383 e. The zero-order valence-electron chi connectivity index (χ0n) is 8.83. The predicted molar refractivity (Wildman–Crippen MR) is 50.4 cm³/mol. The van der Waals surface area contributed by atoms with Crippen LogP contribution >= 0.6 is 0 Å². The van der Waals surface area contributed by atoms with Crippen molar-refractivity contribution in [1.82, 2.24) is 4.90 Å². The van der Waals surface area contributed by atoms with E-state index in [1.54, 1.807) is 7.11 Å². The van der Waals surface area contributed by atoms with E-state index >= 15 is 0 Å². The molecule has 0 radical (unpaired) electrons. The van der Waals surface area contributed by atoms with Crippen LogP contribution in [-0.4, -0.2) is 51.5 Å². The smallest absolute Gasteiger partial charge is 0.0647 e. The van der Waals surface area contributed by atoms with Crippen molar-refractivity contribution in [2.45, 2.75) is 26.0 Å². The van der Waals surface area contributed by atoms with E-state index in [-0.39, 0.29) is 0 Å². The largest absolute Gasteiger partial charge is 0.383 e. The molecule has 0 rings (SSSR count). The summed E-state index contributed by atoms with van der Waals surface area (Å²) in [6, 6.07) is 0.359. The summed E-state index contributed by atoms with van der Waals surface area (Å²) in [4.78, 5) is 2.12. The molecule has 0 saturated carbocycles. The van der Waals surface area contributed by atoms with Crippen molar-refractivity contribution >= 4 is 0 Å². The van der Waals surface area contributed by atoms with E-state index < -0.39 is 0 Å². The molecule has 0 aliphatic carbocycles. The Kier molecular flexibility index (Phi) is 6.34. The van der Waals surface area contributed by atoms with Crippen molar-refractivity contribution in [2.24, 2.45) is 0 Å². The first-order valence-electron chi connectivity index (χ1n) is 4.35. The standard InChI is InChI=1S/C9H21NO2/c1-8(2)12-7-9(6-11-5)10(3)4/h8-9H,6-7H2,1-5H3. The SMILES string of the molecule is COCC(COC(C)C)N(C)C. The Balaban J connectivity index is 3.63. The lowest BCUT2D eigenvalue weighted by Crippen LogP contribution is -2.37. The fourth-order valence-electron chi connectivity index (χ4n) is 0.842. The zero-order chi connectivity index (χ0) is 9.56. The fourth-order valence-corrected chi connectivity index (χ4v) is 0.842. The van der Waals surface area contributed by atoms with Gasteiger partial charge in [-0.25, -0.2) is 0 Å². The van der Waals surface area contributed by atoms with Gasteiger partial charge in [-0.15, -0.1) is 0 Å². The Bertz CT molecular complexity index is 105. The molecule has 0 aromatic rings. The second-order valence-corrected chi connectivity index (χ2v) is 3.45. The van der Waals surface area contributed by atoms with E-state index in [2.05, 4.69) is 4.90 Å². The molecule has 0 aliphatic rings. The van der Waals surface area contributed by atoms with Crippen molar-refractivity contribution < 1.29 is 9.47 Å². The summed E-state index contributed by atoms with van der Waals surface area (Å²) in [7, 11) is 5.78. The Morgan fingerprint density at radius 2 is 1.75 bits per heavy atom. The van der Waals surface area contributed by atoms with E-state index in [0.717, 1.165) is 13.2 Å². The molecule has 3 heteroatoms. The highest BCUT2D eigenvalue weighted by Crippen LogP contribution is 1.97. The third-order valence-corrected chi connectivity index (χ3v) is 1.71. The molecule has 0 fully saturated rings. The first kappa shape index (κ1) is 11.9. The molecule has 0 aromatic heterocycles. The highest BCUT2D eigenvalue weighted by atomic mass is 16.5. The summed E-state index contributed by atoms with van der Waals surface area (Å²) >= 11 is 0. The third-order valence-electron chi connectivity index (χ3n) is 1.71. The van der Waals surface area contributed by atoms with Crippen LogP contribution < -0.4 is 0 Å². The maximum absolute atomic E-state index is 5.50. The summed E-state index contributed by atoms with van der Waals surface area (Å²) in [5.74, 6) is 0. The first-order chi connectivity index (χ1) is 5.57. The Morgan fingerprint density at radius 3 is 2.08 bits per heavy atom. The Labute approximate surface area is 75.6 Å². The number of likely N-dealkylation sites (N-methyl/N-ethyl adjacent to an activating group) is 1. The van der Waals surface area contributed by atoms with Crippen molar-refractivity contribution in [2.75, 3.05) is 34.4 Å². The molecule has 0 aromatic carbocycles. The summed E-state index contributed by atoms with van der Waals surface area (Å²) in [6.07, 6.45) is 0.296. The van der Waals surface area contributed by atoms with Gasteiger partial charge in [0.15, 0.2) is 0 Å². The number of nitrogens with zero attached hydrogens (tertiary/aromatic N) is 1. The Hall–Kier alpha value is -0.120. The van der Waals surface area contributed by atoms with Crippen LogP contribution in [0.5, 0.6) is 0 Å². The molecule has 1 unspecified atom stereocenters. The van der Waals surface area contributed by atoms with Gasteiger partial charge < -0.3 is 14.4 Å². The monoisotopic (exact) mass is 175 g/mol. The zero-order valence-corrected chi connectivity index (χ0v) is 8.83. The second kappa shape index (κ2) is 6.40. The predicted octanol–water partition coefficient (Wildman–Crippen LogP) is 0.988. The highest BCUT2D eigenvalue weighted by Gasteiger charge is 2.11. The average molecular weight is 175 g/mol. The molecule has 74 valence electrons. The molecular formula is C9H21NO2. The van der Waals surface area contributed by atoms with E-state index in [1.165, 1.54) is 0 Å². The number of hydrogen-bond donors (Lipinski definition) is 0. The van der Waals surface area contributed by atoms with Crippen LogP contribution in [0.2, 0.25) is 0 Å². The average Bonchev–Trinajstić information content (AvgIpc) is 1.96. The third kappa shape index (κ3) is 5.52. The minimum atomic E-state index is 0.296. The van der Waals surface area contributed by atoms with Gasteiger partial charge in [0.05, 0.1) is 25.4 Å². The van der Waals surface area contributed by atoms with Crippen LogP contribution in [0, 0.1) is 0 Å².